The first-order chi connectivity index (χ1) is 10.6. The van der Waals surface area contributed by atoms with Crippen molar-refractivity contribution >= 4 is 23.7 Å². The summed E-state index contributed by atoms with van der Waals surface area (Å²) in [4.78, 5) is 42.4. The fourth-order valence-corrected chi connectivity index (χ4v) is 2.06. The lowest BCUT2D eigenvalue weighted by molar-refractivity contribution is -0.144. The summed E-state index contributed by atoms with van der Waals surface area (Å²) >= 11 is 0. The average molecular weight is 306 g/mol. The van der Waals surface area contributed by atoms with Crippen molar-refractivity contribution < 1.29 is 19.1 Å². The molecule has 1 N–H and O–H groups in total. The highest BCUT2D eigenvalue weighted by Gasteiger charge is 2.28. The average Bonchev–Trinajstić information content (AvgIpc) is 2.55. The van der Waals surface area contributed by atoms with E-state index in [1.165, 1.54) is 16.0 Å². The van der Waals surface area contributed by atoms with Gasteiger partial charge in [-0.25, -0.2) is 9.78 Å². The molecule has 0 atom stereocenters. The molecule has 8 nitrogen and oxygen atoms in total. The molecule has 1 aromatic heterocycles. The number of hydrogen-bond acceptors (Lipinski definition) is 5. The summed E-state index contributed by atoms with van der Waals surface area (Å²) in [6.45, 7) is 3.34. The summed E-state index contributed by atoms with van der Waals surface area (Å²) in [5, 5.41) is 2.45. The van der Waals surface area contributed by atoms with Crippen LogP contribution in [0.5, 0.6) is 0 Å². The number of carbonyl (C=O) groups excluding carboxylic acids is 3. The van der Waals surface area contributed by atoms with E-state index in [2.05, 4.69) is 10.3 Å². The standard InChI is InChI=1S/C14H18N4O4/c1-2-22-14(21)18-9-7-17(8-10-18)13(20)12(19)16-11-5-3-4-6-15-11/h3-6H,2,7-10H2,1H3,(H,15,16,19). The monoisotopic (exact) mass is 306 g/mol. The lowest BCUT2D eigenvalue weighted by atomic mass is 10.3. The summed E-state index contributed by atoms with van der Waals surface area (Å²) in [5.74, 6) is -1.04. The van der Waals surface area contributed by atoms with Crippen LogP contribution in [0.25, 0.3) is 0 Å². The number of nitrogens with zero attached hydrogens (tertiary/aromatic N) is 3. The number of amides is 3. The molecule has 1 aliphatic rings. The number of nitrogens with one attached hydrogen (secondary N) is 1. The molecule has 2 rings (SSSR count). The van der Waals surface area contributed by atoms with Gasteiger partial charge in [0.2, 0.25) is 0 Å². The second kappa shape index (κ2) is 7.39. The van der Waals surface area contributed by atoms with Crippen molar-refractivity contribution in [2.24, 2.45) is 0 Å². The first kappa shape index (κ1) is 15.7. The number of rotatable bonds is 2. The van der Waals surface area contributed by atoms with Crippen molar-refractivity contribution in [2.45, 2.75) is 6.92 Å². The molecule has 0 aliphatic carbocycles. The van der Waals surface area contributed by atoms with Gasteiger partial charge in [0, 0.05) is 32.4 Å². The van der Waals surface area contributed by atoms with Crippen LogP contribution in [0.2, 0.25) is 0 Å². The second-order valence-electron chi connectivity index (χ2n) is 4.65. The number of pyridine rings is 1. The Labute approximate surface area is 128 Å². The highest BCUT2D eigenvalue weighted by Crippen LogP contribution is 2.06. The molecule has 8 heteroatoms. The fraction of sp³-hybridized carbons (Fsp3) is 0.429. The zero-order valence-electron chi connectivity index (χ0n) is 12.3. The summed E-state index contributed by atoms with van der Waals surface area (Å²) < 4.78 is 4.90. The SMILES string of the molecule is CCOC(=O)N1CCN(C(=O)C(=O)Nc2ccccn2)CC1. The normalized spacial score (nSPS) is 14.4. The van der Waals surface area contributed by atoms with Crippen molar-refractivity contribution in [1.82, 2.24) is 14.8 Å². The molecule has 0 unspecified atom stereocenters. The third-order valence-electron chi connectivity index (χ3n) is 3.19. The zero-order valence-corrected chi connectivity index (χ0v) is 12.3. The Morgan fingerprint density at radius 2 is 1.86 bits per heavy atom. The van der Waals surface area contributed by atoms with Crippen LogP contribution in [0.3, 0.4) is 0 Å². The van der Waals surface area contributed by atoms with E-state index in [0.717, 1.165) is 0 Å². The molecule has 0 spiro atoms. The van der Waals surface area contributed by atoms with Gasteiger partial charge in [-0.15, -0.1) is 0 Å². The Hall–Kier alpha value is -2.64. The lowest BCUT2D eigenvalue weighted by Gasteiger charge is -2.33. The molecule has 2 heterocycles. The smallest absolute Gasteiger partial charge is 0.409 e. The minimum Gasteiger partial charge on any atom is -0.450 e. The van der Waals surface area contributed by atoms with E-state index in [1.54, 1.807) is 25.1 Å². The third kappa shape index (κ3) is 3.94. The van der Waals surface area contributed by atoms with E-state index in [9.17, 15) is 14.4 Å². The van der Waals surface area contributed by atoms with Crippen LogP contribution >= 0.6 is 0 Å². The minimum absolute atomic E-state index is 0.299. The maximum absolute atomic E-state index is 12.1. The highest BCUT2D eigenvalue weighted by atomic mass is 16.6. The van der Waals surface area contributed by atoms with Crippen molar-refractivity contribution in [3.8, 4) is 0 Å². The zero-order chi connectivity index (χ0) is 15.9. The van der Waals surface area contributed by atoms with Gasteiger partial charge in [-0.1, -0.05) is 6.07 Å². The molecule has 0 radical (unpaired) electrons. The summed E-state index contributed by atoms with van der Waals surface area (Å²) in [6, 6.07) is 5.03. The lowest BCUT2D eigenvalue weighted by Crippen LogP contribution is -2.53. The van der Waals surface area contributed by atoms with Crippen LogP contribution < -0.4 is 5.32 Å². The predicted octanol–water partition coefficient (Wildman–Crippen LogP) is 0.321. The number of ether oxygens (including phenoxy) is 1. The molecule has 1 fully saturated rings. The van der Waals surface area contributed by atoms with E-state index < -0.39 is 17.9 Å². The van der Waals surface area contributed by atoms with Crippen LogP contribution in [0.4, 0.5) is 10.6 Å². The molecule has 0 aromatic carbocycles. The maximum Gasteiger partial charge on any atom is 0.409 e. The van der Waals surface area contributed by atoms with Crippen molar-refractivity contribution in [2.75, 3.05) is 38.1 Å². The van der Waals surface area contributed by atoms with Gasteiger partial charge in [-0.2, -0.15) is 0 Å². The largest absolute Gasteiger partial charge is 0.450 e. The van der Waals surface area contributed by atoms with Gasteiger partial charge in [-0.05, 0) is 19.1 Å². The number of anilines is 1. The van der Waals surface area contributed by atoms with E-state index in [-0.39, 0.29) is 0 Å². The summed E-state index contributed by atoms with van der Waals surface area (Å²) in [7, 11) is 0. The van der Waals surface area contributed by atoms with Crippen LogP contribution in [-0.4, -0.2) is 65.5 Å². The molecule has 0 bridgehead atoms. The van der Waals surface area contributed by atoms with Gasteiger partial charge in [-0.3, -0.25) is 9.59 Å². The topological polar surface area (TPSA) is 91.8 Å². The van der Waals surface area contributed by atoms with Crippen LogP contribution in [0.15, 0.2) is 24.4 Å². The molecule has 1 saturated heterocycles. The number of piperazine rings is 1. The quantitative estimate of drug-likeness (QED) is 0.795. The molecule has 1 aliphatic heterocycles. The molecule has 0 saturated carbocycles. The van der Waals surface area contributed by atoms with Gasteiger partial charge in [0.15, 0.2) is 0 Å². The van der Waals surface area contributed by atoms with Crippen molar-refractivity contribution in [3.63, 3.8) is 0 Å². The highest BCUT2D eigenvalue weighted by molar-refractivity contribution is 6.39. The third-order valence-corrected chi connectivity index (χ3v) is 3.19. The van der Waals surface area contributed by atoms with Crippen LogP contribution in [-0.2, 0) is 14.3 Å². The first-order valence-electron chi connectivity index (χ1n) is 7.04. The predicted molar refractivity (Wildman–Crippen MR) is 78.0 cm³/mol. The number of aromatic nitrogens is 1. The minimum atomic E-state index is -0.733. The van der Waals surface area contributed by atoms with E-state index in [4.69, 9.17) is 4.74 Å². The van der Waals surface area contributed by atoms with E-state index in [1.807, 2.05) is 0 Å². The molecule has 118 valence electrons. The van der Waals surface area contributed by atoms with Gasteiger partial charge in [0.25, 0.3) is 0 Å². The van der Waals surface area contributed by atoms with E-state index >= 15 is 0 Å². The summed E-state index contributed by atoms with van der Waals surface area (Å²) in [6.07, 6.45) is 1.13. The Bertz CT molecular complexity index is 541. The van der Waals surface area contributed by atoms with Gasteiger partial charge in [0.1, 0.15) is 5.82 Å². The molecule has 3 amide bonds. The number of hydrogen-bond donors (Lipinski definition) is 1. The molecular formula is C14H18N4O4. The summed E-state index contributed by atoms with van der Waals surface area (Å²) in [5.41, 5.74) is 0. The van der Waals surface area contributed by atoms with Gasteiger partial charge < -0.3 is 19.9 Å². The van der Waals surface area contributed by atoms with Crippen molar-refractivity contribution in [1.29, 1.82) is 0 Å². The maximum atomic E-state index is 12.1. The van der Waals surface area contributed by atoms with Gasteiger partial charge >= 0.3 is 17.9 Å². The van der Waals surface area contributed by atoms with Crippen LogP contribution in [0.1, 0.15) is 6.92 Å². The Morgan fingerprint density at radius 1 is 1.18 bits per heavy atom. The van der Waals surface area contributed by atoms with Gasteiger partial charge in [0.05, 0.1) is 6.61 Å². The van der Waals surface area contributed by atoms with Crippen molar-refractivity contribution in [3.05, 3.63) is 24.4 Å². The fourth-order valence-electron chi connectivity index (χ4n) is 2.06. The Balaban J connectivity index is 1.84. The van der Waals surface area contributed by atoms with Crippen LogP contribution in [0, 0.1) is 0 Å². The number of carbonyl (C=O) groups is 3. The molecule has 1 aromatic rings. The first-order valence-corrected chi connectivity index (χ1v) is 7.04. The second-order valence-corrected chi connectivity index (χ2v) is 4.65. The van der Waals surface area contributed by atoms with E-state index in [0.29, 0.717) is 38.6 Å². The molecule has 22 heavy (non-hydrogen) atoms. The Morgan fingerprint density at radius 3 is 2.45 bits per heavy atom. The molecular weight excluding hydrogens is 288 g/mol. The Kier molecular flexibility index (Phi) is 5.29.